The Hall–Kier alpha value is -3.51. The second-order valence-electron chi connectivity index (χ2n) is 6.06. The Bertz CT molecular complexity index is 1190. The first kappa shape index (κ1) is 17.9. The van der Waals surface area contributed by atoms with Crippen LogP contribution in [0.5, 0.6) is 0 Å². The van der Waals surface area contributed by atoms with Crippen molar-refractivity contribution in [2.45, 2.75) is 6.61 Å². The number of esters is 1. The molecule has 0 saturated carbocycles. The summed E-state index contributed by atoms with van der Waals surface area (Å²) in [6.07, 6.45) is 3.03. The number of benzene rings is 2. The van der Waals surface area contributed by atoms with Gasteiger partial charge in [-0.15, -0.1) is 11.3 Å². The average molecular weight is 388 g/mol. The molecule has 0 unspecified atom stereocenters. The van der Waals surface area contributed by atoms with Gasteiger partial charge in [0, 0.05) is 17.0 Å². The van der Waals surface area contributed by atoms with Gasteiger partial charge in [0.2, 0.25) is 0 Å². The van der Waals surface area contributed by atoms with Gasteiger partial charge in [0.05, 0.1) is 5.39 Å². The van der Waals surface area contributed by atoms with E-state index in [9.17, 15) is 9.59 Å². The highest BCUT2D eigenvalue weighted by Crippen LogP contribution is 2.30. The molecule has 0 aliphatic carbocycles. The molecule has 0 spiro atoms. The predicted molar refractivity (Wildman–Crippen MR) is 111 cm³/mol. The second-order valence-corrected chi connectivity index (χ2v) is 6.92. The van der Waals surface area contributed by atoms with E-state index in [4.69, 9.17) is 4.74 Å². The fourth-order valence-electron chi connectivity index (χ4n) is 2.81. The Morgan fingerprint density at radius 3 is 2.54 bits per heavy atom. The van der Waals surface area contributed by atoms with E-state index in [2.05, 4.69) is 9.97 Å². The highest BCUT2D eigenvalue weighted by atomic mass is 32.1. The minimum absolute atomic E-state index is 0.0955. The van der Waals surface area contributed by atoms with Gasteiger partial charge in [-0.2, -0.15) is 0 Å². The van der Waals surface area contributed by atoms with Crippen molar-refractivity contribution in [1.29, 1.82) is 0 Å². The van der Waals surface area contributed by atoms with Crippen LogP contribution in [0.25, 0.3) is 27.4 Å². The van der Waals surface area contributed by atoms with E-state index in [1.54, 1.807) is 6.08 Å². The fraction of sp³-hybridized carbons (Fsp3) is 0.0455. The molecule has 2 aromatic heterocycles. The first-order valence-electron chi connectivity index (χ1n) is 8.66. The number of fused-ring (bicyclic) bond motifs is 1. The maximum atomic E-state index is 12.6. The number of aromatic amines is 1. The van der Waals surface area contributed by atoms with Crippen LogP contribution in [0.15, 0.2) is 76.9 Å². The molecule has 4 rings (SSSR count). The van der Waals surface area contributed by atoms with Crippen LogP contribution < -0.4 is 5.56 Å². The number of H-pyrrole nitrogens is 1. The van der Waals surface area contributed by atoms with E-state index in [1.165, 1.54) is 17.4 Å². The third-order valence-electron chi connectivity index (χ3n) is 4.14. The van der Waals surface area contributed by atoms with Gasteiger partial charge in [-0.1, -0.05) is 60.7 Å². The van der Waals surface area contributed by atoms with Crippen molar-refractivity contribution in [2.75, 3.05) is 0 Å². The second kappa shape index (κ2) is 8.02. The molecule has 5 nitrogen and oxygen atoms in total. The molecular formula is C22H16N2O3S. The Morgan fingerprint density at radius 2 is 1.79 bits per heavy atom. The SMILES string of the molecule is O=C(/C=C/c1ccccc1)OCc1nc2scc(-c3ccccc3)c2c(=O)[nH]1. The van der Waals surface area contributed by atoms with Gasteiger partial charge >= 0.3 is 5.97 Å². The van der Waals surface area contributed by atoms with Gasteiger partial charge in [-0.3, -0.25) is 4.79 Å². The minimum atomic E-state index is -0.497. The van der Waals surface area contributed by atoms with Crippen LogP contribution in [-0.4, -0.2) is 15.9 Å². The first-order valence-corrected chi connectivity index (χ1v) is 9.54. The van der Waals surface area contributed by atoms with E-state index in [1.807, 2.05) is 66.0 Å². The smallest absolute Gasteiger partial charge is 0.331 e. The van der Waals surface area contributed by atoms with Crippen LogP contribution in [-0.2, 0) is 16.1 Å². The maximum Gasteiger partial charge on any atom is 0.331 e. The number of rotatable bonds is 5. The number of carbonyl (C=O) groups is 1. The van der Waals surface area contributed by atoms with Crippen LogP contribution in [0.4, 0.5) is 0 Å². The molecule has 0 amide bonds. The van der Waals surface area contributed by atoms with Gasteiger partial charge < -0.3 is 9.72 Å². The van der Waals surface area contributed by atoms with Crippen molar-refractivity contribution in [3.8, 4) is 11.1 Å². The Morgan fingerprint density at radius 1 is 1.07 bits per heavy atom. The van der Waals surface area contributed by atoms with Crippen LogP contribution >= 0.6 is 11.3 Å². The highest BCUT2D eigenvalue weighted by molar-refractivity contribution is 7.17. The summed E-state index contributed by atoms with van der Waals surface area (Å²) in [6, 6.07) is 19.1. The highest BCUT2D eigenvalue weighted by Gasteiger charge is 2.13. The molecule has 0 radical (unpaired) electrons. The number of ether oxygens (including phenoxy) is 1. The number of nitrogens with one attached hydrogen (secondary N) is 1. The van der Waals surface area contributed by atoms with Gasteiger partial charge in [0.25, 0.3) is 5.56 Å². The lowest BCUT2D eigenvalue weighted by Gasteiger charge is -2.03. The zero-order valence-electron chi connectivity index (χ0n) is 14.8. The van der Waals surface area contributed by atoms with Crippen molar-refractivity contribution in [1.82, 2.24) is 9.97 Å². The number of aromatic nitrogens is 2. The maximum absolute atomic E-state index is 12.6. The summed E-state index contributed by atoms with van der Waals surface area (Å²) in [4.78, 5) is 32.2. The topological polar surface area (TPSA) is 72.0 Å². The Kier molecular flexibility index (Phi) is 5.12. The van der Waals surface area contributed by atoms with E-state index in [0.717, 1.165) is 16.7 Å². The number of nitrogens with zero attached hydrogens (tertiary/aromatic N) is 1. The molecule has 0 fully saturated rings. The normalized spacial score (nSPS) is 11.1. The molecule has 4 aromatic rings. The Balaban J connectivity index is 1.50. The number of carbonyl (C=O) groups excluding carboxylic acids is 1. The lowest BCUT2D eigenvalue weighted by molar-refractivity contribution is -0.139. The average Bonchev–Trinajstić information content (AvgIpc) is 3.17. The molecule has 6 heteroatoms. The summed E-state index contributed by atoms with van der Waals surface area (Å²) in [5, 5.41) is 2.47. The fourth-order valence-corrected chi connectivity index (χ4v) is 3.77. The summed E-state index contributed by atoms with van der Waals surface area (Å²) in [7, 11) is 0. The van der Waals surface area contributed by atoms with Gasteiger partial charge in [-0.05, 0) is 17.2 Å². The molecular weight excluding hydrogens is 372 g/mol. The third-order valence-corrected chi connectivity index (χ3v) is 5.01. The molecule has 0 atom stereocenters. The molecule has 0 aliphatic heterocycles. The van der Waals surface area contributed by atoms with Crippen molar-refractivity contribution in [2.24, 2.45) is 0 Å². The van der Waals surface area contributed by atoms with Crippen LogP contribution in [0.2, 0.25) is 0 Å². The summed E-state index contributed by atoms with van der Waals surface area (Å²) in [6.45, 7) is -0.0955. The molecule has 2 heterocycles. The molecule has 0 saturated heterocycles. The largest absolute Gasteiger partial charge is 0.454 e. The van der Waals surface area contributed by atoms with Crippen LogP contribution in [0.1, 0.15) is 11.4 Å². The van der Waals surface area contributed by atoms with Gasteiger partial charge in [0.1, 0.15) is 17.3 Å². The molecule has 0 aliphatic rings. The Labute approximate surface area is 165 Å². The van der Waals surface area contributed by atoms with Crippen LogP contribution in [0, 0.1) is 0 Å². The van der Waals surface area contributed by atoms with E-state index < -0.39 is 5.97 Å². The molecule has 0 bridgehead atoms. The van der Waals surface area contributed by atoms with E-state index >= 15 is 0 Å². The van der Waals surface area contributed by atoms with E-state index in [0.29, 0.717) is 16.0 Å². The number of hydrogen-bond acceptors (Lipinski definition) is 5. The quantitative estimate of drug-likeness (QED) is 0.406. The predicted octanol–water partition coefficient (Wildman–Crippen LogP) is 4.41. The van der Waals surface area contributed by atoms with Crippen molar-refractivity contribution < 1.29 is 9.53 Å². The minimum Gasteiger partial charge on any atom is -0.454 e. The monoisotopic (exact) mass is 388 g/mol. The summed E-state index contributed by atoms with van der Waals surface area (Å²) in [5.74, 6) is -0.178. The number of thiophene rings is 1. The standard InChI is InChI=1S/C22H16N2O3S/c25-19(12-11-15-7-3-1-4-8-15)27-13-18-23-21(26)20-17(14-28-22(20)24-18)16-9-5-2-6-10-16/h1-12,14H,13H2,(H,23,24,26)/b12-11+. The summed E-state index contributed by atoms with van der Waals surface area (Å²) in [5.41, 5.74) is 2.48. The lowest BCUT2D eigenvalue weighted by Crippen LogP contribution is -2.13. The van der Waals surface area contributed by atoms with Gasteiger partial charge in [0.15, 0.2) is 0 Å². The van der Waals surface area contributed by atoms with Crippen LogP contribution in [0.3, 0.4) is 0 Å². The molecule has 28 heavy (non-hydrogen) atoms. The third kappa shape index (κ3) is 3.92. The van der Waals surface area contributed by atoms with Crippen molar-refractivity contribution >= 4 is 33.6 Å². The number of hydrogen-bond donors (Lipinski definition) is 1. The molecule has 138 valence electrons. The van der Waals surface area contributed by atoms with Crippen molar-refractivity contribution in [3.63, 3.8) is 0 Å². The molecule has 2 aromatic carbocycles. The molecule has 1 N–H and O–H groups in total. The zero-order chi connectivity index (χ0) is 19.3. The van der Waals surface area contributed by atoms with E-state index in [-0.39, 0.29) is 12.2 Å². The van der Waals surface area contributed by atoms with Crippen molar-refractivity contribution in [3.05, 3.63) is 93.9 Å². The lowest BCUT2D eigenvalue weighted by atomic mass is 10.1. The summed E-state index contributed by atoms with van der Waals surface area (Å²) < 4.78 is 5.19. The summed E-state index contributed by atoms with van der Waals surface area (Å²) >= 11 is 1.39. The first-order chi connectivity index (χ1) is 13.7. The van der Waals surface area contributed by atoms with Gasteiger partial charge in [-0.25, -0.2) is 9.78 Å². The zero-order valence-corrected chi connectivity index (χ0v) is 15.6.